The zero-order valence-corrected chi connectivity index (χ0v) is 12.1. The lowest BCUT2D eigenvalue weighted by atomic mass is 10.1. The molecule has 1 N–H and O–H groups in total. The predicted molar refractivity (Wildman–Crippen MR) is 75.4 cm³/mol. The van der Waals surface area contributed by atoms with E-state index in [1.54, 1.807) is 13.2 Å². The van der Waals surface area contributed by atoms with Crippen LogP contribution in [-0.2, 0) is 6.42 Å². The average Bonchev–Trinajstić information content (AvgIpc) is 2.85. The summed E-state index contributed by atoms with van der Waals surface area (Å²) in [5, 5.41) is 2.84. The third kappa shape index (κ3) is 3.61. The highest BCUT2D eigenvalue weighted by Gasteiger charge is 2.11. The first-order valence-corrected chi connectivity index (χ1v) is 6.64. The highest BCUT2D eigenvalue weighted by Crippen LogP contribution is 2.17. The summed E-state index contributed by atoms with van der Waals surface area (Å²) in [7, 11) is 1.64. The van der Waals surface area contributed by atoms with Gasteiger partial charge in [0.15, 0.2) is 4.67 Å². The lowest BCUT2D eigenvalue weighted by Gasteiger charge is -2.06. The van der Waals surface area contributed by atoms with Gasteiger partial charge in [0.05, 0.1) is 18.9 Å². The van der Waals surface area contributed by atoms with E-state index in [1.165, 1.54) is 6.26 Å². The molecule has 4 nitrogen and oxygen atoms in total. The van der Waals surface area contributed by atoms with Crippen molar-refractivity contribution < 1.29 is 13.9 Å². The topological polar surface area (TPSA) is 51.5 Å². The van der Waals surface area contributed by atoms with E-state index in [9.17, 15) is 4.79 Å². The van der Waals surface area contributed by atoms with Crippen LogP contribution in [0.25, 0.3) is 0 Å². The number of halogens is 1. The van der Waals surface area contributed by atoms with Crippen LogP contribution in [0.15, 0.2) is 45.7 Å². The summed E-state index contributed by atoms with van der Waals surface area (Å²) in [6, 6.07) is 9.42. The first-order chi connectivity index (χ1) is 9.20. The maximum absolute atomic E-state index is 11.8. The van der Waals surface area contributed by atoms with Crippen molar-refractivity contribution in [2.24, 2.45) is 0 Å². The van der Waals surface area contributed by atoms with Gasteiger partial charge in [-0.1, -0.05) is 12.1 Å². The number of nitrogens with one attached hydrogen (secondary N) is 1. The Morgan fingerprint density at radius 2 is 2.26 bits per heavy atom. The zero-order valence-electron chi connectivity index (χ0n) is 10.5. The SMILES string of the molecule is COc1cccc(CCNC(=O)c2ccoc2Br)c1. The Morgan fingerprint density at radius 3 is 2.95 bits per heavy atom. The fourth-order valence-electron chi connectivity index (χ4n) is 1.70. The van der Waals surface area contributed by atoms with Gasteiger partial charge in [0, 0.05) is 6.54 Å². The minimum absolute atomic E-state index is 0.150. The molecule has 5 heteroatoms. The molecule has 1 aromatic heterocycles. The van der Waals surface area contributed by atoms with E-state index < -0.39 is 0 Å². The molecular weight excluding hydrogens is 310 g/mol. The number of amides is 1. The van der Waals surface area contributed by atoms with Crippen LogP contribution in [0.4, 0.5) is 0 Å². The molecule has 0 spiro atoms. The third-order valence-electron chi connectivity index (χ3n) is 2.70. The van der Waals surface area contributed by atoms with Crippen molar-refractivity contribution in [3.8, 4) is 5.75 Å². The van der Waals surface area contributed by atoms with Gasteiger partial charge in [-0.15, -0.1) is 0 Å². The molecule has 0 saturated heterocycles. The van der Waals surface area contributed by atoms with Crippen molar-refractivity contribution in [1.82, 2.24) is 5.32 Å². The minimum Gasteiger partial charge on any atom is -0.497 e. The first-order valence-electron chi connectivity index (χ1n) is 5.85. The highest BCUT2D eigenvalue weighted by molar-refractivity contribution is 9.10. The molecule has 1 amide bonds. The largest absolute Gasteiger partial charge is 0.497 e. The average molecular weight is 324 g/mol. The predicted octanol–water partition coefficient (Wildman–Crippen LogP) is 3.02. The van der Waals surface area contributed by atoms with Crippen LogP contribution < -0.4 is 10.1 Å². The summed E-state index contributed by atoms with van der Waals surface area (Å²) in [6.45, 7) is 0.559. The fourth-order valence-corrected chi connectivity index (χ4v) is 2.12. The number of benzene rings is 1. The number of ether oxygens (including phenoxy) is 1. The Kier molecular flexibility index (Phi) is 4.63. The van der Waals surface area contributed by atoms with E-state index in [0.717, 1.165) is 17.7 Å². The lowest BCUT2D eigenvalue weighted by Crippen LogP contribution is -2.25. The molecule has 0 bridgehead atoms. The van der Waals surface area contributed by atoms with Gasteiger partial charge in [0.2, 0.25) is 0 Å². The van der Waals surface area contributed by atoms with Crippen molar-refractivity contribution >= 4 is 21.8 Å². The van der Waals surface area contributed by atoms with Gasteiger partial charge in [-0.2, -0.15) is 0 Å². The van der Waals surface area contributed by atoms with Crippen LogP contribution in [0, 0.1) is 0 Å². The summed E-state index contributed by atoms with van der Waals surface area (Å²) in [5.74, 6) is 0.671. The molecule has 0 saturated carbocycles. The lowest BCUT2D eigenvalue weighted by molar-refractivity contribution is 0.0952. The van der Waals surface area contributed by atoms with E-state index in [0.29, 0.717) is 16.8 Å². The van der Waals surface area contributed by atoms with Gasteiger partial charge in [0.1, 0.15) is 5.75 Å². The number of methoxy groups -OCH3 is 1. The van der Waals surface area contributed by atoms with E-state index in [1.807, 2.05) is 24.3 Å². The molecular formula is C14H14BrNO3. The van der Waals surface area contributed by atoms with E-state index >= 15 is 0 Å². The van der Waals surface area contributed by atoms with Crippen molar-refractivity contribution in [2.75, 3.05) is 13.7 Å². The molecule has 100 valence electrons. The maximum atomic E-state index is 11.8. The Hall–Kier alpha value is -1.75. The second kappa shape index (κ2) is 6.43. The van der Waals surface area contributed by atoms with Gasteiger partial charge in [-0.3, -0.25) is 4.79 Å². The van der Waals surface area contributed by atoms with Crippen molar-refractivity contribution in [1.29, 1.82) is 0 Å². The number of furan rings is 1. The smallest absolute Gasteiger partial charge is 0.255 e. The second-order valence-corrected chi connectivity index (χ2v) is 4.69. The van der Waals surface area contributed by atoms with E-state index in [-0.39, 0.29) is 5.91 Å². The number of carbonyl (C=O) groups excluding carboxylic acids is 1. The van der Waals surface area contributed by atoms with Gasteiger partial charge in [0.25, 0.3) is 5.91 Å². The van der Waals surface area contributed by atoms with Crippen molar-refractivity contribution in [3.63, 3.8) is 0 Å². The molecule has 1 heterocycles. The number of rotatable bonds is 5. The summed E-state index contributed by atoms with van der Waals surface area (Å²) in [5.41, 5.74) is 1.62. The molecule has 1 aromatic carbocycles. The molecule has 0 aliphatic rings. The monoisotopic (exact) mass is 323 g/mol. The Labute approximate surface area is 119 Å². The molecule has 0 fully saturated rings. The van der Waals surface area contributed by atoms with Gasteiger partial charge in [-0.05, 0) is 46.1 Å². The second-order valence-electron chi connectivity index (χ2n) is 3.97. The summed E-state index contributed by atoms with van der Waals surface area (Å²) >= 11 is 3.18. The van der Waals surface area contributed by atoms with Crippen molar-refractivity contribution in [3.05, 3.63) is 52.4 Å². The standard InChI is InChI=1S/C14H14BrNO3/c1-18-11-4-2-3-10(9-11)5-7-16-14(17)12-6-8-19-13(12)15/h2-4,6,8-9H,5,7H2,1H3,(H,16,17). The van der Waals surface area contributed by atoms with E-state index in [2.05, 4.69) is 21.2 Å². The van der Waals surface area contributed by atoms with Crippen LogP contribution >= 0.6 is 15.9 Å². The first kappa shape index (κ1) is 13.7. The highest BCUT2D eigenvalue weighted by atomic mass is 79.9. The van der Waals surface area contributed by atoms with Crippen LogP contribution in [0.2, 0.25) is 0 Å². The normalized spacial score (nSPS) is 10.2. The summed E-state index contributed by atoms with van der Waals surface area (Å²) in [4.78, 5) is 11.8. The van der Waals surface area contributed by atoms with Crippen LogP contribution in [-0.4, -0.2) is 19.6 Å². The van der Waals surface area contributed by atoms with Crippen LogP contribution in [0.3, 0.4) is 0 Å². The van der Waals surface area contributed by atoms with Crippen molar-refractivity contribution in [2.45, 2.75) is 6.42 Å². The molecule has 0 radical (unpaired) electrons. The Bertz CT molecular complexity index is 565. The van der Waals surface area contributed by atoms with Gasteiger partial charge >= 0.3 is 0 Å². The van der Waals surface area contributed by atoms with Gasteiger partial charge in [-0.25, -0.2) is 0 Å². The molecule has 0 aliphatic carbocycles. The number of carbonyl (C=O) groups is 1. The molecule has 0 aliphatic heterocycles. The summed E-state index contributed by atoms with van der Waals surface area (Å²) in [6.07, 6.45) is 2.22. The third-order valence-corrected chi connectivity index (χ3v) is 3.31. The molecule has 0 atom stereocenters. The zero-order chi connectivity index (χ0) is 13.7. The van der Waals surface area contributed by atoms with Gasteiger partial charge < -0.3 is 14.5 Å². The minimum atomic E-state index is -0.150. The van der Waals surface area contributed by atoms with Crippen LogP contribution in [0.5, 0.6) is 5.75 Å². The number of hydrogen-bond acceptors (Lipinski definition) is 3. The Balaban J connectivity index is 1.86. The maximum Gasteiger partial charge on any atom is 0.255 e. The molecule has 19 heavy (non-hydrogen) atoms. The summed E-state index contributed by atoms with van der Waals surface area (Å²) < 4.78 is 10.6. The Morgan fingerprint density at radius 1 is 1.42 bits per heavy atom. The van der Waals surface area contributed by atoms with E-state index in [4.69, 9.17) is 9.15 Å². The molecule has 2 aromatic rings. The fraction of sp³-hybridized carbons (Fsp3) is 0.214. The quantitative estimate of drug-likeness (QED) is 0.920. The van der Waals surface area contributed by atoms with Crippen LogP contribution in [0.1, 0.15) is 15.9 Å². The number of hydrogen-bond donors (Lipinski definition) is 1. The molecule has 2 rings (SSSR count). The molecule has 0 unspecified atom stereocenters.